The first-order valence-electron chi connectivity index (χ1n) is 7.48. The highest BCUT2D eigenvalue weighted by Gasteiger charge is 2.22. The molecule has 1 aliphatic rings. The Morgan fingerprint density at radius 1 is 1.26 bits per heavy atom. The van der Waals surface area contributed by atoms with E-state index in [1.165, 1.54) is 23.3 Å². The molecule has 0 atom stereocenters. The van der Waals surface area contributed by atoms with Crippen LogP contribution in [0.25, 0.3) is 0 Å². The number of nitrogens with one attached hydrogen (secondary N) is 1. The van der Waals surface area contributed by atoms with E-state index < -0.39 is 0 Å². The molecule has 1 saturated heterocycles. The minimum atomic E-state index is -0.202. The number of hydrogen-bond acceptors (Lipinski definition) is 6. The summed E-state index contributed by atoms with van der Waals surface area (Å²) in [4.78, 5) is 33.7. The standard InChI is InChI=1S/C15H18N6O2/c1-20-14(22)8-12(9-18-20)21-6-2-11(3-7-21)19-15(23)13-10-16-4-5-17-13/h4-5,8-11H,2-3,6-7H2,1H3,(H,19,23). The van der Waals surface area contributed by atoms with E-state index in [9.17, 15) is 9.59 Å². The number of carbonyl (C=O) groups is 1. The summed E-state index contributed by atoms with van der Waals surface area (Å²) in [6.07, 6.45) is 7.80. The van der Waals surface area contributed by atoms with Gasteiger partial charge in [0.15, 0.2) is 0 Å². The van der Waals surface area contributed by atoms with E-state index in [1.807, 2.05) is 0 Å². The molecule has 0 bridgehead atoms. The van der Waals surface area contributed by atoms with Crippen molar-refractivity contribution in [2.45, 2.75) is 18.9 Å². The van der Waals surface area contributed by atoms with Crippen LogP contribution in [0.3, 0.4) is 0 Å². The molecule has 2 aromatic rings. The van der Waals surface area contributed by atoms with E-state index in [1.54, 1.807) is 19.3 Å². The quantitative estimate of drug-likeness (QED) is 0.855. The molecule has 0 radical (unpaired) electrons. The van der Waals surface area contributed by atoms with Crippen molar-refractivity contribution >= 4 is 11.6 Å². The molecule has 1 N–H and O–H groups in total. The molecule has 0 saturated carbocycles. The maximum Gasteiger partial charge on any atom is 0.271 e. The van der Waals surface area contributed by atoms with E-state index in [-0.39, 0.29) is 17.5 Å². The van der Waals surface area contributed by atoms with Crippen molar-refractivity contribution in [3.8, 4) is 0 Å². The minimum Gasteiger partial charge on any atom is -0.370 e. The number of amides is 1. The summed E-state index contributed by atoms with van der Waals surface area (Å²) in [6.45, 7) is 1.53. The normalized spacial score (nSPS) is 15.4. The number of nitrogens with zero attached hydrogens (tertiary/aromatic N) is 5. The number of piperidine rings is 1. The van der Waals surface area contributed by atoms with Gasteiger partial charge in [0, 0.05) is 44.6 Å². The van der Waals surface area contributed by atoms with Gasteiger partial charge in [0.25, 0.3) is 11.5 Å². The maximum atomic E-state index is 12.1. The predicted molar refractivity (Wildman–Crippen MR) is 84.2 cm³/mol. The third-order valence-electron chi connectivity index (χ3n) is 3.94. The van der Waals surface area contributed by atoms with Gasteiger partial charge < -0.3 is 10.2 Å². The fourth-order valence-corrected chi connectivity index (χ4v) is 2.59. The third kappa shape index (κ3) is 3.53. The van der Waals surface area contributed by atoms with Crippen LogP contribution < -0.4 is 15.8 Å². The molecule has 120 valence electrons. The summed E-state index contributed by atoms with van der Waals surface area (Å²) in [6, 6.07) is 1.69. The van der Waals surface area contributed by atoms with Crippen LogP contribution in [-0.4, -0.2) is 44.8 Å². The second-order valence-electron chi connectivity index (χ2n) is 5.50. The summed E-state index contributed by atoms with van der Waals surface area (Å²) < 4.78 is 1.30. The number of aromatic nitrogens is 4. The fraction of sp³-hybridized carbons (Fsp3) is 0.400. The Balaban J connectivity index is 1.57. The maximum absolute atomic E-state index is 12.1. The molecule has 0 aliphatic carbocycles. The SMILES string of the molecule is Cn1ncc(N2CCC(NC(=O)c3cnccn3)CC2)cc1=O. The molecule has 0 spiro atoms. The lowest BCUT2D eigenvalue weighted by Gasteiger charge is -2.33. The van der Waals surface area contributed by atoms with Crippen LogP contribution in [0.15, 0.2) is 35.6 Å². The molecule has 1 aliphatic heterocycles. The molecule has 1 fully saturated rings. The monoisotopic (exact) mass is 314 g/mol. The zero-order valence-corrected chi connectivity index (χ0v) is 12.8. The zero-order valence-electron chi connectivity index (χ0n) is 12.8. The van der Waals surface area contributed by atoms with Gasteiger partial charge >= 0.3 is 0 Å². The number of hydrogen-bond donors (Lipinski definition) is 1. The van der Waals surface area contributed by atoms with Crippen molar-refractivity contribution in [2.75, 3.05) is 18.0 Å². The van der Waals surface area contributed by atoms with E-state index in [2.05, 4.69) is 25.3 Å². The first-order valence-corrected chi connectivity index (χ1v) is 7.48. The minimum absolute atomic E-state index is 0.0975. The van der Waals surface area contributed by atoms with Crippen LogP contribution in [-0.2, 0) is 7.05 Å². The van der Waals surface area contributed by atoms with Gasteiger partial charge in [-0.3, -0.25) is 14.6 Å². The first kappa shape index (κ1) is 15.1. The van der Waals surface area contributed by atoms with Crippen molar-refractivity contribution < 1.29 is 4.79 Å². The van der Waals surface area contributed by atoms with Crippen LogP contribution in [0, 0.1) is 0 Å². The average molecular weight is 314 g/mol. The Kier molecular flexibility index (Phi) is 4.31. The second kappa shape index (κ2) is 6.55. The van der Waals surface area contributed by atoms with Crippen molar-refractivity contribution in [3.05, 3.63) is 46.9 Å². The fourth-order valence-electron chi connectivity index (χ4n) is 2.59. The molecule has 23 heavy (non-hydrogen) atoms. The Morgan fingerprint density at radius 2 is 2.04 bits per heavy atom. The Hall–Kier alpha value is -2.77. The van der Waals surface area contributed by atoms with Gasteiger partial charge in [-0.05, 0) is 12.8 Å². The summed E-state index contributed by atoms with van der Waals surface area (Å²) >= 11 is 0. The van der Waals surface area contributed by atoms with Gasteiger partial charge in [-0.25, -0.2) is 9.67 Å². The number of rotatable bonds is 3. The van der Waals surface area contributed by atoms with Gasteiger partial charge in [-0.15, -0.1) is 0 Å². The molecule has 2 aromatic heterocycles. The molecule has 3 rings (SSSR count). The largest absolute Gasteiger partial charge is 0.370 e. The molecule has 0 unspecified atom stereocenters. The Labute approximate surface area is 133 Å². The second-order valence-corrected chi connectivity index (χ2v) is 5.50. The van der Waals surface area contributed by atoms with Crippen molar-refractivity contribution in [1.29, 1.82) is 0 Å². The summed E-state index contributed by atoms with van der Waals surface area (Å²) in [5.74, 6) is -0.202. The number of aryl methyl sites for hydroxylation is 1. The zero-order chi connectivity index (χ0) is 16.2. The highest BCUT2D eigenvalue weighted by molar-refractivity contribution is 5.92. The smallest absolute Gasteiger partial charge is 0.271 e. The molecule has 1 amide bonds. The lowest BCUT2D eigenvalue weighted by molar-refractivity contribution is 0.0925. The lowest BCUT2D eigenvalue weighted by atomic mass is 10.0. The van der Waals surface area contributed by atoms with Crippen molar-refractivity contribution in [1.82, 2.24) is 25.1 Å². The van der Waals surface area contributed by atoms with E-state index in [0.717, 1.165) is 31.6 Å². The number of carbonyl (C=O) groups excluding carboxylic acids is 1. The summed E-state index contributed by atoms with van der Waals surface area (Å²) in [5.41, 5.74) is 1.03. The molecular weight excluding hydrogens is 296 g/mol. The first-order chi connectivity index (χ1) is 11.1. The molecular formula is C15H18N6O2. The van der Waals surface area contributed by atoms with Crippen LogP contribution in [0.2, 0.25) is 0 Å². The summed E-state index contributed by atoms with van der Waals surface area (Å²) in [7, 11) is 1.63. The highest BCUT2D eigenvalue weighted by atomic mass is 16.2. The lowest BCUT2D eigenvalue weighted by Crippen LogP contribution is -2.45. The molecule has 8 heteroatoms. The molecule has 8 nitrogen and oxygen atoms in total. The summed E-state index contributed by atoms with van der Waals surface area (Å²) in [5, 5.41) is 7.02. The van der Waals surface area contributed by atoms with E-state index in [0.29, 0.717) is 5.69 Å². The van der Waals surface area contributed by atoms with Gasteiger partial charge in [0.05, 0.1) is 18.1 Å². The van der Waals surface area contributed by atoms with E-state index >= 15 is 0 Å². The highest BCUT2D eigenvalue weighted by Crippen LogP contribution is 2.17. The third-order valence-corrected chi connectivity index (χ3v) is 3.94. The van der Waals surface area contributed by atoms with Crippen LogP contribution in [0.1, 0.15) is 23.3 Å². The van der Waals surface area contributed by atoms with Gasteiger partial charge in [0.2, 0.25) is 0 Å². The Bertz CT molecular complexity index is 737. The van der Waals surface area contributed by atoms with Gasteiger partial charge in [-0.1, -0.05) is 0 Å². The Morgan fingerprint density at radius 3 is 2.70 bits per heavy atom. The van der Waals surface area contributed by atoms with Crippen LogP contribution in [0.5, 0.6) is 0 Å². The van der Waals surface area contributed by atoms with Gasteiger partial charge in [-0.2, -0.15) is 5.10 Å². The topological polar surface area (TPSA) is 93.0 Å². The van der Waals surface area contributed by atoms with Crippen LogP contribution >= 0.6 is 0 Å². The number of anilines is 1. The van der Waals surface area contributed by atoms with Crippen molar-refractivity contribution in [2.24, 2.45) is 7.05 Å². The molecule has 3 heterocycles. The predicted octanol–water partition coefficient (Wildman–Crippen LogP) is -0.0309. The van der Waals surface area contributed by atoms with E-state index in [4.69, 9.17) is 0 Å². The van der Waals surface area contributed by atoms with Crippen LogP contribution in [0.4, 0.5) is 5.69 Å². The van der Waals surface area contributed by atoms with Crippen molar-refractivity contribution in [3.63, 3.8) is 0 Å². The van der Waals surface area contributed by atoms with Gasteiger partial charge in [0.1, 0.15) is 5.69 Å². The average Bonchev–Trinajstić information content (AvgIpc) is 2.59. The molecule has 0 aromatic carbocycles.